The average molecular weight is 265 g/mol. The van der Waals surface area contributed by atoms with Gasteiger partial charge in [0.25, 0.3) is 0 Å². The molecular formula is C13H19N3O3. The molecule has 0 aliphatic heterocycles. The highest BCUT2D eigenvalue weighted by atomic mass is 16.4. The number of nitrogens with one attached hydrogen (secondary N) is 1. The monoisotopic (exact) mass is 265 g/mol. The van der Waals surface area contributed by atoms with Crippen LogP contribution in [-0.4, -0.2) is 32.8 Å². The van der Waals surface area contributed by atoms with Gasteiger partial charge >= 0.3 is 5.97 Å². The van der Waals surface area contributed by atoms with E-state index in [-0.39, 0.29) is 18.7 Å². The van der Waals surface area contributed by atoms with Crippen LogP contribution in [0.5, 0.6) is 0 Å². The second kappa shape index (κ2) is 6.17. The first-order valence-corrected chi connectivity index (χ1v) is 5.99. The molecule has 0 fully saturated rings. The molecule has 1 atom stereocenters. The third-order valence-corrected chi connectivity index (χ3v) is 3.03. The van der Waals surface area contributed by atoms with Gasteiger partial charge in [0.1, 0.15) is 6.04 Å². The Bertz CT molecular complexity index is 505. The van der Waals surface area contributed by atoms with Crippen molar-refractivity contribution < 1.29 is 14.7 Å². The highest BCUT2D eigenvalue weighted by Gasteiger charge is 2.20. The minimum Gasteiger partial charge on any atom is -0.480 e. The van der Waals surface area contributed by atoms with Crippen molar-refractivity contribution >= 4 is 11.9 Å². The number of carboxylic acid groups (broad SMARTS) is 1. The van der Waals surface area contributed by atoms with Crippen LogP contribution < -0.4 is 5.32 Å². The van der Waals surface area contributed by atoms with E-state index in [9.17, 15) is 9.59 Å². The van der Waals surface area contributed by atoms with Crippen LogP contribution in [0.15, 0.2) is 12.7 Å². The van der Waals surface area contributed by atoms with Crippen LogP contribution >= 0.6 is 0 Å². The van der Waals surface area contributed by atoms with Gasteiger partial charge in [0.2, 0.25) is 5.91 Å². The molecule has 6 nitrogen and oxygen atoms in total. The highest BCUT2D eigenvalue weighted by Crippen LogP contribution is 2.12. The molecule has 0 radical (unpaired) electrons. The lowest BCUT2D eigenvalue weighted by Crippen LogP contribution is -2.41. The number of carboxylic acids is 1. The van der Waals surface area contributed by atoms with Gasteiger partial charge in [-0.1, -0.05) is 6.08 Å². The lowest BCUT2D eigenvalue weighted by Gasteiger charge is -2.12. The van der Waals surface area contributed by atoms with Crippen LogP contribution in [0.1, 0.15) is 23.4 Å². The second-order valence-electron chi connectivity index (χ2n) is 4.43. The van der Waals surface area contributed by atoms with Crippen LogP contribution in [-0.2, 0) is 23.1 Å². The SMILES string of the molecule is C=CCC(NC(=O)Cc1c(C)nn(C)c1C)C(=O)O. The summed E-state index contributed by atoms with van der Waals surface area (Å²) in [5.41, 5.74) is 2.52. The summed E-state index contributed by atoms with van der Waals surface area (Å²) in [4.78, 5) is 22.8. The Morgan fingerprint density at radius 2 is 2.16 bits per heavy atom. The van der Waals surface area contributed by atoms with E-state index in [2.05, 4.69) is 17.0 Å². The number of amides is 1. The minimum atomic E-state index is -1.06. The number of aryl methyl sites for hydroxylation is 2. The normalized spacial score (nSPS) is 11.9. The number of aliphatic carboxylic acids is 1. The van der Waals surface area contributed by atoms with Gasteiger partial charge in [-0.2, -0.15) is 5.10 Å². The Kier molecular flexibility index (Phi) is 4.86. The Morgan fingerprint density at radius 1 is 1.53 bits per heavy atom. The number of carbonyl (C=O) groups is 2. The summed E-state index contributed by atoms with van der Waals surface area (Å²) >= 11 is 0. The van der Waals surface area contributed by atoms with E-state index in [1.807, 2.05) is 20.9 Å². The van der Waals surface area contributed by atoms with Gasteiger partial charge in [0.05, 0.1) is 12.1 Å². The summed E-state index contributed by atoms with van der Waals surface area (Å²) in [5.74, 6) is -1.39. The third-order valence-electron chi connectivity index (χ3n) is 3.03. The first-order valence-electron chi connectivity index (χ1n) is 5.99. The summed E-state index contributed by atoms with van der Waals surface area (Å²) in [7, 11) is 1.81. The van der Waals surface area contributed by atoms with Crippen molar-refractivity contribution in [2.24, 2.45) is 7.05 Å². The van der Waals surface area contributed by atoms with E-state index in [0.29, 0.717) is 0 Å². The molecule has 1 rings (SSSR count). The zero-order valence-corrected chi connectivity index (χ0v) is 11.4. The fraction of sp³-hybridized carbons (Fsp3) is 0.462. The number of rotatable bonds is 6. The van der Waals surface area contributed by atoms with E-state index in [1.54, 1.807) is 4.68 Å². The summed E-state index contributed by atoms with van der Waals surface area (Å²) in [6.07, 6.45) is 1.80. The summed E-state index contributed by atoms with van der Waals surface area (Å²) in [6.45, 7) is 7.18. The molecule has 0 aromatic carbocycles. The Hall–Kier alpha value is -2.11. The van der Waals surface area contributed by atoms with Crippen molar-refractivity contribution in [3.63, 3.8) is 0 Å². The maximum atomic E-state index is 11.9. The van der Waals surface area contributed by atoms with Gasteiger partial charge < -0.3 is 10.4 Å². The third kappa shape index (κ3) is 3.67. The number of aromatic nitrogens is 2. The van der Waals surface area contributed by atoms with Gasteiger partial charge in [-0.15, -0.1) is 6.58 Å². The second-order valence-corrected chi connectivity index (χ2v) is 4.43. The fourth-order valence-corrected chi connectivity index (χ4v) is 1.87. The quantitative estimate of drug-likeness (QED) is 0.742. The molecule has 0 spiro atoms. The van der Waals surface area contributed by atoms with Crippen LogP contribution in [0.2, 0.25) is 0 Å². The summed E-state index contributed by atoms with van der Waals surface area (Å²) in [6, 6.07) is -0.928. The molecule has 1 aromatic rings. The molecule has 6 heteroatoms. The zero-order valence-electron chi connectivity index (χ0n) is 11.4. The van der Waals surface area contributed by atoms with Crippen molar-refractivity contribution in [1.82, 2.24) is 15.1 Å². The van der Waals surface area contributed by atoms with E-state index >= 15 is 0 Å². The summed E-state index contributed by atoms with van der Waals surface area (Å²) < 4.78 is 1.70. The largest absolute Gasteiger partial charge is 0.480 e. The maximum absolute atomic E-state index is 11.9. The summed E-state index contributed by atoms with van der Waals surface area (Å²) in [5, 5.41) is 15.7. The van der Waals surface area contributed by atoms with Gasteiger partial charge in [0.15, 0.2) is 0 Å². The van der Waals surface area contributed by atoms with Gasteiger partial charge in [-0.3, -0.25) is 9.48 Å². The Balaban J connectivity index is 2.74. The molecular weight excluding hydrogens is 246 g/mol. The van der Waals surface area contributed by atoms with E-state index in [0.717, 1.165) is 17.0 Å². The number of carbonyl (C=O) groups excluding carboxylic acids is 1. The van der Waals surface area contributed by atoms with Crippen molar-refractivity contribution in [2.75, 3.05) is 0 Å². The highest BCUT2D eigenvalue weighted by molar-refractivity contribution is 5.85. The molecule has 1 heterocycles. The lowest BCUT2D eigenvalue weighted by molar-refractivity contribution is -0.141. The maximum Gasteiger partial charge on any atom is 0.326 e. The number of hydrogen-bond acceptors (Lipinski definition) is 3. The molecule has 1 aromatic heterocycles. The van der Waals surface area contributed by atoms with Crippen molar-refractivity contribution in [3.05, 3.63) is 29.6 Å². The van der Waals surface area contributed by atoms with Crippen LogP contribution in [0.25, 0.3) is 0 Å². The standard InChI is InChI=1S/C13H19N3O3/c1-5-6-11(13(18)19)14-12(17)7-10-8(2)15-16(4)9(10)3/h5,11H,1,6-7H2,2-4H3,(H,14,17)(H,18,19). The smallest absolute Gasteiger partial charge is 0.326 e. The molecule has 0 bridgehead atoms. The predicted molar refractivity (Wildman–Crippen MR) is 70.8 cm³/mol. The molecule has 104 valence electrons. The fourth-order valence-electron chi connectivity index (χ4n) is 1.87. The van der Waals surface area contributed by atoms with Crippen molar-refractivity contribution in [2.45, 2.75) is 32.7 Å². The topological polar surface area (TPSA) is 84.2 Å². The predicted octanol–water partition coefficient (Wildman–Crippen LogP) is 0.725. The molecule has 0 saturated carbocycles. The first kappa shape index (κ1) is 14.9. The minimum absolute atomic E-state index is 0.131. The van der Waals surface area contributed by atoms with Gasteiger partial charge in [0, 0.05) is 18.3 Å². The number of hydrogen-bond donors (Lipinski definition) is 2. The molecule has 0 aliphatic carbocycles. The molecule has 1 unspecified atom stereocenters. The Morgan fingerprint density at radius 3 is 2.58 bits per heavy atom. The molecule has 0 aliphatic rings. The van der Waals surface area contributed by atoms with Crippen LogP contribution in [0.4, 0.5) is 0 Å². The first-order chi connectivity index (χ1) is 8.86. The Labute approximate surface area is 112 Å². The van der Waals surface area contributed by atoms with Gasteiger partial charge in [-0.05, 0) is 20.3 Å². The van der Waals surface area contributed by atoms with Crippen LogP contribution in [0.3, 0.4) is 0 Å². The van der Waals surface area contributed by atoms with E-state index < -0.39 is 12.0 Å². The van der Waals surface area contributed by atoms with Crippen LogP contribution in [0, 0.1) is 13.8 Å². The van der Waals surface area contributed by atoms with Crippen molar-refractivity contribution in [1.29, 1.82) is 0 Å². The van der Waals surface area contributed by atoms with E-state index in [4.69, 9.17) is 5.11 Å². The molecule has 0 saturated heterocycles. The van der Waals surface area contributed by atoms with E-state index in [1.165, 1.54) is 6.08 Å². The number of nitrogens with zero attached hydrogens (tertiary/aromatic N) is 2. The molecule has 19 heavy (non-hydrogen) atoms. The average Bonchev–Trinajstić information content (AvgIpc) is 2.55. The molecule has 1 amide bonds. The van der Waals surface area contributed by atoms with Crippen molar-refractivity contribution in [3.8, 4) is 0 Å². The zero-order chi connectivity index (χ0) is 14.6. The van der Waals surface area contributed by atoms with Gasteiger partial charge in [-0.25, -0.2) is 4.79 Å². The molecule has 2 N–H and O–H groups in total. The lowest BCUT2D eigenvalue weighted by atomic mass is 10.1.